The van der Waals surface area contributed by atoms with Gasteiger partial charge < -0.3 is 4.57 Å². The second-order valence-corrected chi connectivity index (χ2v) is 11.3. The van der Waals surface area contributed by atoms with Crippen LogP contribution < -0.4 is 0 Å². The fraction of sp³-hybridized carbons (Fsp3) is 0. The van der Waals surface area contributed by atoms with Crippen molar-refractivity contribution in [2.24, 2.45) is 0 Å². The van der Waals surface area contributed by atoms with E-state index in [0.717, 1.165) is 4.70 Å². The molecule has 0 spiro atoms. The molecule has 6 aromatic carbocycles. The van der Waals surface area contributed by atoms with E-state index >= 15 is 0 Å². The van der Waals surface area contributed by atoms with Crippen molar-refractivity contribution in [1.29, 1.82) is 0 Å². The van der Waals surface area contributed by atoms with E-state index in [0.29, 0.717) is 15.6 Å². The van der Waals surface area contributed by atoms with Gasteiger partial charge in [-0.15, -0.1) is 11.3 Å². The van der Waals surface area contributed by atoms with E-state index < -0.39 is 96.7 Å². The van der Waals surface area contributed by atoms with Gasteiger partial charge in [0.1, 0.15) is 0 Å². The van der Waals surface area contributed by atoms with E-state index in [1.54, 1.807) is 30.3 Å². The van der Waals surface area contributed by atoms with E-state index in [-0.39, 0.29) is 66.5 Å². The van der Waals surface area contributed by atoms with Crippen molar-refractivity contribution >= 4 is 75.3 Å². The lowest BCUT2D eigenvalue weighted by atomic mass is 10.1. The van der Waals surface area contributed by atoms with Crippen LogP contribution in [-0.2, 0) is 0 Å². The SMILES string of the molecule is [2H]c1c([2H])c([2H])c2c(c1[2H])c1c([2H])c([2H])c([2H])c([2H])c1n2-c1ccccc1-c1nc(-n2c3c([2H])c([2H])c([2H])c([2H])c3c3c([2H])c([2H])c([2H])c([2H])c32)c2sc3ccccc3c2n1. The minimum atomic E-state index is -0.607. The van der Waals surface area contributed by atoms with E-state index in [4.69, 9.17) is 31.9 Å². The highest BCUT2D eigenvalue weighted by Crippen LogP contribution is 2.41. The number of nitrogens with zero attached hydrogens (tertiary/aromatic N) is 4. The van der Waals surface area contributed by atoms with Crippen LogP contribution in [0.25, 0.3) is 86.8 Å². The Balaban J connectivity index is 1.43. The normalized spacial score (nSPS) is 17.0. The number of para-hydroxylation sites is 5. The molecule has 45 heavy (non-hydrogen) atoms. The monoisotopic (exact) mass is 608 g/mol. The molecule has 0 saturated carbocycles. The molecular formula is C40H24N4S. The van der Waals surface area contributed by atoms with Crippen molar-refractivity contribution in [2.75, 3.05) is 0 Å². The van der Waals surface area contributed by atoms with Crippen LogP contribution in [0.4, 0.5) is 0 Å². The number of thiophene rings is 1. The zero-order chi connectivity index (χ0) is 43.4. The Morgan fingerprint density at radius 3 is 1.64 bits per heavy atom. The lowest BCUT2D eigenvalue weighted by Crippen LogP contribution is -2.04. The zero-order valence-corrected chi connectivity index (χ0v) is 23.6. The first-order valence-corrected chi connectivity index (χ1v) is 14.6. The molecule has 5 heteroatoms. The van der Waals surface area contributed by atoms with Crippen LogP contribution in [0, 0.1) is 0 Å². The zero-order valence-electron chi connectivity index (χ0n) is 38.8. The minimum absolute atomic E-state index is 0.0112. The van der Waals surface area contributed by atoms with Crippen LogP contribution in [0.3, 0.4) is 0 Å². The molecule has 0 bridgehead atoms. The second kappa shape index (κ2) is 9.36. The molecule has 10 rings (SSSR count). The summed E-state index contributed by atoms with van der Waals surface area (Å²) >= 11 is 1.26. The van der Waals surface area contributed by atoms with Crippen molar-refractivity contribution in [1.82, 2.24) is 19.1 Å². The average Bonchev–Trinajstić information content (AvgIpc) is 3.94. The molecular weight excluding hydrogens is 569 g/mol. The molecule has 0 atom stereocenters. The third kappa shape index (κ3) is 3.47. The van der Waals surface area contributed by atoms with Gasteiger partial charge in [-0.2, -0.15) is 0 Å². The van der Waals surface area contributed by atoms with Crippen molar-refractivity contribution in [2.45, 2.75) is 0 Å². The number of hydrogen-bond acceptors (Lipinski definition) is 3. The number of benzene rings is 6. The van der Waals surface area contributed by atoms with Gasteiger partial charge in [0.05, 0.1) is 59.9 Å². The van der Waals surface area contributed by atoms with Crippen molar-refractivity contribution in [3.8, 4) is 22.9 Å². The Hall–Kier alpha value is -5.78. The molecule has 0 amide bonds. The molecule has 0 fully saturated rings. The Morgan fingerprint density at radius 1 is 0.511 bits per heavy atom. The Bertz CT molecular complexity index is 3530. The molecule has 4 heterocycles. The topological polar surface area (TPSA) is 35.6 Å². The number of rotatable bonds is 3. The summed E-state index contributed by atoms with van der Waals surface area (Å²) < 4.78 is 145. The highest BCUT2D eigenvalue weighted by Gasteiger charge is 2.22. The third-order valence-corrected chi connectivity index (χ3v) is 9.02. The summed E-state index contributed by atoms with van der Waals surface area (Å²) in [7, 11) is 0. The maximum atomic E-state index is 9.16. The molecule has 4 aromatic heterocycles. The summed E-state index contributed by atoms with van der Waals surface area (Å²) in [5.74, 6) is -0.0212. The molecule has 0 aliphatic carbocycles. The van der Waals surface area contributed by atoms with Crippen molar-refractivity contribution < 1.29 is 21.9 Å². The van der Waals surface area contributed by atoms with Crippen LogP contribution in [-0.4, -0.2) is 19.1 Å². The molecule has 0 unspecified atom stereocenters. The molecule has 0 aliphatic heterocycles. The minimum Gasteiger partial charge on any atom is -0.309 e. The van der Waals surface area contributed by atoms with E-state index in [9.17, 15) is 0 Å². The Labute approximate surface area is 284 Å². The van der Waals surface area contributed by atoms with E-state index in [2.05, 4.69) is 0 Å². The lowest BCUT2D eigenvalue weighted by molar-refractivity contribution is 1.07. The first-order valence-electron chi connectivity index (χ1n) is 21.8. The standard InChI is InChI=1S/C40H24N4S/c1-7-19-31-25(13-1)26-14-2-8-20-32(26)43(31)35-23-11-5-17-29(35)39-41-37-30-18-6-12-24-36(30)45-38(37)40(42-39)44-33-21-9-3-15-27(33)28-16-4-10-22-34(28)44/h1-24H/i1D,2D,3D,4D,7D,8D,9D,10D,13D,14D,15D,16D,19D,20D,21D,22D. The molecule has 210 valence electrons. The Morgan fingerprint density at radius 2 is 1.02 bits per heavy atom. The maximum absolute atomic E-state index is 9.16. The first-order chi connectivity index (χ1) is 29.0. The molecule has 0 saturated heterocycles. The molecule has 4 nitrogen and oxygen atoms in total. The first kappa shape index (κ1) is 13.9. The van der Waals surface area contributed by atoms with Crippen LogP contribution in [0.15, 0.2) is 145 Å². The fourth-order valence-corrected chi connectivity index (χ4v) is 7.12. The molecule has 10 aromatic rings. The van der Waals surface area contributed by atoms with Gasteiger partial charge in [0.25, 0.3) is 0 Å². The van der Waals surface area contributed by atoms with Crippen molar-refractivity contribution in [3.05, 3.63) is 145 Å². The van der Waals surface area contributed by atoms with Crippen LogP contribution in [0.5, 0.6) is 0 Å². The van der Waals surface area contributed by atoms with Crippen LogP contribution >= 0.6 is 11.3 Å². The van der Waals surface area contributed by atoms with Gasteiger partial charge in [-0.3, -0.25) is 4.57 Å². The van der Waals surface area contributed by atoms with E-state index in [1.165, 1.54) is 20.5 Å². The predicted molar refractivity (Wildman–Crippen MR) is 189 cm³/mol. The van der Waals surface area contributed by atoms with Crippen molar-refractivity contribution in [3.63, 3.8) is 0 Å². The molecule has 0 radical (unpaired) electrons. The highest BCUT2D eigenvalue weighted by atomic mass is 32.1. The summed E-state index contributed by atoms with van der Waals surface area (Å²) in [5.41, 5.74) is 0.183. The molecule has 0 N–H and O–H groups in total. The van der Waals surface area contributed by atoms with Gasteiger partial charge in [-0.25, -0.2) is 9.97 Å². The van der Waals surface area contributed by atoms with Gasteiger partial charge in [-0.05, 0) is 42.4 Å². The van der Waals surface area contributed by atoms with Gasteiger partial charge in [-0.1, -0.05) is 103 Å². The number of hydrogen-bond donors (Lipinski definition) is 0. The largest absolute Gasteiger partial charge is 0.309 e. The fourth-order valence-electron chi connectivity index (χ4n) is 6.00. The average molecular weight is 609 g/mol. The lowest BCUT2D eigenvalue weighted by Gasteiger charge is -2.15. The highest BCUT2D eigenvalue weighted by molar-refractivity contribution is 7.26. The molecule has 0 aliphatic rings. The quantitative estimate of drug-likeness (QED) is 0.200. The Kier molecular flexibility index (Phi) is 2.89. The summed E-state index contributed by atoms with van der Waals surface area (Å²) in [5, 5.41) is 0.122. The van der Waals surface area contributed by atoms with E-state index in [1.807, 2.05) is 18.2 Å². The van der Waals surface area contributed by atoms with Gasteiger partial charge in [0.2, 0.25) is 0 Å². The smallest absolute Gasteiger partial charge is 0.164 e. The van der Waals surface area contributed by atoms with Gasteiger partial charge in [0, 0.05) is 37.2 Å². The van der Waals surface area contributed by atoms with Crippen LogP contribution in [0.2, 0.25) is 0 Å². The van der Waals surface area contributed by atoms with Crippen LogP contribution in [0.1, 0.15) is 21.9 Å². The number of fused-ring (bicyclic) bond motifs is 9. The summed E-state index contributed by atoms with van der Waals surface area (Å²) in [4.78, 5) is 10.1. The maximum Gasteiger partial charge on any atom is 0.164 e. The summed E-state index contributed by atoms with van der Waals surface area (Å²) in [6.07, 6.45) is 0. The number of aromatic nitrogens is 4. The summed E-state index contributed by atoms with van der Waals surface area (Å²) in [6, 6.07) is 4.88. The van der Waals surface area contributed by atoms with Gasteiger partial charge in [0.15, 0.2) is 11.6 Å². The third-order valence-electron chi connectivity index (χ3n) is 7.86. The second-order valence-electron chi connectivity index (χ2n) is 10.2. The predicted octanol–water partition coefficient (Wildman–Crippen LogP) is 10.7. The summed E-state index contributed by atoms with van der Waals surface area (Å²) in [6.45, 7) is 0. The van der Waals surface area contributed by atoms with Gasteiger partial charge >= 0.3 is 0 Å².